The third-order valence-electron chi connectivity index (χ3n) is 3.29. The van der Waals surface area contributed by atoms with Gasteiger partial charge in [0.25, 0.3) is 0 Å². The first-order valence-electron chi connectivity index (χ1n) is 7.14. The molecule has 2 aromatic carbocycles. The van der Waals surface area contributed by atoms with Crippen LogP contribution >= 0.6 is 22.6 Å². The first-order chi connectivity index (χ1) is 11.2. The molecule has 3 rings (SSSR count). The molecule has 1 aromatic heterocycles. The molecule has 0 aliphatic carbocycles. The first-order valence-corrected chi connectivity index (χ1v) is 8.22. The van der Waals surface area contributed by atoms with Crippen LogP contribution in [-0.4, -0.2) is 22.1 Å². The van der Waals surface area contributed by atoms with Gasteiger partial charge in [0.15, 0.2) is 0 Å². The zero-order valence-corrected chi connectivity index (χ0v) is 14.8. The van der Waals surface area contributed by atoms with Crippen LogP contribution in [0.15, 0.2) is 54.7 Å². The van der Waals surface area contributed by atoms with E-state index in [0.29, 0.717) is 13.2 Å². The van der Waals surface area contributed by atoms with Crippen molar-refractivity contribution < 1.29 is 9.47 Å². The lowest BCUT2D eigenvalue weighted by molar-refractivity contribution is 0.301. The Morgan fingerprint density at radius 1 is 1.13 bits per heavy atom. The lowest BCUT2D eigenvalue weighted by Crippen LogP contribution is -2.03. The Kier molecular flexibility index (Phi) is 5.12. The molecule has 0 N–H and O–H groups in total. The van der Waals surface area contributed by atoms with E-state index in [0.717, 1.165) is 26.3 Å². The molecular weight excluding hydrogens is 405 g/mol. The number of nitrogens with zero attached hydrogens (tertiary/aromatic N) is 3. The normalized spacial score (nSPS) is 10.5. The maximum Gasteiger partial charge on any atom is 0.134 e. The molecule has 0 spiro atoms. The summed E-state index contributed by atoms with van der Waals surface area (Å²) in [4.78, 5) is 0. The Morgan fingerprint density at radius 3 is 2.74 bits per heavy atom. The topological polar surface area (TPSA) is 49.2 Å². The van der Waals surface area contributed by atoms with Gasteiger partial charge in [-0.25, -0.2) is 4.68 Å². The lowest BCUT2D eigenvalue weighted by atomic mass is 10.2. The van der Waals surface area contributed by atoms with E-state index in [-0.39, 0.29) is 0 Å². The summed E-state index contributed by atoms with van der Waals surface area (Å²) in [5, 5.41) is 8.31. The maximum absolute atomic E-state index is 5.68. The average Bonchev–Trinajstić information content (AvgIpc) is 3.02. The monoisotopic (exact) mass is 421 g/mol. The highest BCUT2D eigenvalue weighted by Crippen LogP contribution is 2.21. The summed E-state index contributed by atoms with van der Waals surface area (Å²) in [6, 6.07) is 15.7. The van der Waals surface area contributed by atoms with E-state index in [9.17, 15) is 0 Å². The van der Waals surface area contributed by atoms with Crippen LogP contribution in [0.5, 0.6) is 11.5 Å². The van der Waals surface area contributed by atoms with Crippen molar-refractivity contribution in [2.75, 3.05) is 7.11 Å². The molecule has 0 radical (unpaired) electrons. The summed E-state index contributed by atoms with van der Waals surface area (Å²) in [5.41, 5.74) is 1.86. The SMILES string of the molecule is COc1ccc(I)cc1Cn1cc(COc2ccccc2)nn1. The summed E-state index contributed by atoms with van der Waals surface area (Å²) in [6.07, 6.45) is 1.89. The van der Waals surface area contributed by atoms with E-state index >= 15 is 0 Å². The van der Waals surface area contributed by atoms with Crippen LogP contribution in [0.3, 0.4) is 0 Å². The minimum Gasteiger partial charge on any atom is -0.496 e. The van der Waals surface area contributed by atoms with Crippen molar-refractivity contribution in [2.45, 2.75) is 13.2 Å². The third-order valence-corrected chi connectivity index (χ3v) is 3.96. The second-order valence-corrected chi connectivity index (χ2v) is 6.21. The van der Waals surface area contributed by atoms with Gasteiger partial charge in [0.05, 0.1) is 19.9 Å². The highest BCUT2D eigenvalue weighted by molar-refractivity contribution is 14.1. The van der Waals surface area contributed by atoms with Crippen molar-refractivity contribution in [3.63, 3.8) is 0 Å². The summed E-state index contributed by atoms with van der Waals surface area (Å²) in [7, 11) is 1.67. The van der Waals surface area contributed by atoms with Crippen LogP contribution in [-0.2, 0) is 13.2 Å². The Morgan fingerprint density at radius 2 is 1.96 bits per heavy atom. The fraction of sp³-hybridized carbons (Fsp3) is 0.176. The molecule has 0 saturated carbocycles. The van der Waals surface area contributed by atoms with Crippen LogP contribution in [0, 0.1) is 3.57 Å². The van der Waals surface area contributed by atoms with E-state index in [2.05, 4.69) is 39.0 Å². The number of aromatic nitrogens is 3. The third kappa shape index (κ3) is 4.22. The number of methoxy groups -OCH3 is 1. The number of para-hydroxylation sites is 1. The highest BCUT2D eigenvalue weighted by Gasteiger charge is 2.07. The fourth-order valence-electron chi connectivity index (χ4n) is 2.20. The van der Waals surface area contributed by atoms with Crippen LogP contribution in [0.25, 0.3) is 0 Å². The van der Waals surface area contributed by atoms with Gasteiger partial charge in [-0.2, -0.15) is 0 Å². The number of rotatable bonds is 6. The Labute approximate surface area is 148 Å². The van der Waals surface area contributed by atoms with E-state index in [4.69, 9.17) is 9.47 Å². The summed E-state index contributed by atoms with van der Waals surface area (Å²) < 4.78 is 14.0. The Balaban J connectivity index is 1.66. The Hall–Kier alpha value is -2.09. The zero-order valence-electron chi connectivity index (χ0n) is 12.6. The van der Waals surface area contributed by atoms with Crippen molar-refractivity contribution in [3.05, 3.63) is 69.6 Å². The van der Waals surface area contributed by atoms with Crippen LogP contribution in [0.2, 0.25) is 0 Å². The van der Waals surface area contributed by atoms with Gasteiger partial charge in [-0.15, -0.1) is 5.10 Å². The summed E-state index contributed by atoms with van der Waals surface area (Å²) >= 11 is 2.29. The number of ether oxygens (including phenoxy) is 2. The van der Waals surface area contributed by atoms with Crippen LogP contribution in [0.4, 0.5) is 0 Å². The van der Waals surface area contributed by atoms with Gasteiger partial charge in [0, 0.05) is 9.13 Å². The smallest absolute Gasteiger partial charge is 0.134 e. The lowest BCUT2D eigenvalue weighted by Gasteiger charge is -2.08. The molecule has 0 aliphatic rings. The number of benzene rings is 2. The van der Waals surface area contributed by atoms with E-state index in [1.54, 1.807) is 11.8 Å². The van der Waals surface area contributed by atoms with Crippen molar-refractivity contribution in [1.82, 2.24) is 15.0 Å². The summed E-state index contributed by atoms with van der Waals surface area (Å²) in [5.74, 6) is 1.67. The minimum absolute atomic E-state index is 0.396. The van der Waals surface area contributed by atoms with E-state index < -0.39 is 0 Å². The highest BCUT2D eigenvalue weighted by atomic mass is 127. The largest absolute Gasteiger partial charge is 0.496 e. The quantitative estimate of drug-likeness (QED) is 0.572. The van der Waals surface area contributed by atoms with Gasteiger partial charge in [-0.3, -0.25) is 0 Å². The number of hydrogen-bond acceptors (Lipinski definition) is 4. The first kappa shape index (κ1) is 15.8. The molecule has 0 amide bonds. The van der Waals surface area contributed by atoms with Crippen molar-refractivity contribution in [1.29, 1.82) is 0 Å². The zero-order chi connectivity index (χ0) is 16.1. The molecule has 23 heavy (non-hydrogen) atoms. The molecule has 0 saturated heterocycles. The van der Waals surface area contributed by atoms with Gasteiger partial charge >= 0.3 is 0 Å². The summed E-state index contributed by atoms with van der Waals surface area (Å²) in [6.45, 7) is 1.01. The molecule has 6 heteroatoms. The fourth-order valence-corrected chi connectivity index (χ4v) is 2.76. The molecule has 0 bridgehead atoms. The van der Waals surface area contributed by atoms with Crippen LogP contribution in [0.1, 0.15) is 11.3 Å². The van der Waals surface area contributed by atoms with Crippen LogP contribution < -0.4 is 9.47 Å². The van der Waals surface area contributed by atoms with Crippen molar-refractivity contribution in [3.8, 4) is 11.5 Å². The van der Waals surface area contributed by atoms with Gasteiger partial charge in [-0.1, -0.05) is 23.4 Å². The van der Waals surface area contributed by atoms with Gasteiger partial charge in [-0.05, 0) is 52.9 Å². The van der Waals surface area contributed by atoms with E-state index in [1.165, 1.54) is 0 Å². The second-order valence-electron chi connectivity index (χ2n) is 4.97. The van der Waals surface area contributed by atoms with Crippen molar-refractivity contribution in [2.24, 2.45) is 0 Å². The molecule has 118 valence electrons. The average molecular weight is 421 g/mol. The maximum atomic E-state index is 5.68. The standard InChI is InChI=1S/C17H16IN3O2/c1-22-17-8-7-14(18)9-13(17)10-21-11-15(19-20-21)12-23-16-5-3-2-4-6-16/h2-9,11H,10,12H2,1H3. The number of halogens is 1. The number of hydrogen-bond donors (Lipinski definition) is 0. The predicted molar refractivity (Wildman–Crippen MR) is 95.6 cm³/mol. The molecule has 0 unspecified atom stereocenters. The van der Waals surface area contributed by atoms with Gasteiger partial charge < -0.3 is 9.47 Å². The molecule has 0 aliphatic heterocycles. The van der Waals surface area contributed by atoms with E-state index in [1.807, 2.05) is 48.7 Å². The molecular formula is C17H16IN3O2. The predicted octanol–water partition coefficient (Wildman–Crippen LogP) is 3.52. The molecule has 5 nitrogen and oxygen atoms in total. The minimum atomic E-state index is 0.396. The molecule has 0 fully saturated rings. The Bertz CT molecular complexity index is 775. The second kappa shape index (κ2) is 7.45. The van der Waals surface area contributed by atoms with Crippen molar-refractivity contribution >= 4 is 22.6 Å². The van der Waals surface area contributed by atoms with Gasteiger partial charge in [0.2, 0.25) is 0 Å². The molecule has 1 heterocycles. The molecule has 0 atom stereocenters. The molecule has 3 aromatic rings. The van der Waals surface area contributed by atoms with Gasteiger partial charge in [0.1, 0.15) is 23.8 Å².